The van der Waals surface area contributed by atoms with Crippen molar-refractivity contribution >= 4 is 5.97 Å². The summed E-state index contributed by atoms with van der Waals surface area (Å²) in [4.78, 5) is 10.7. The molecule has 4 nitrogen and oxygen atoms in total. The molecular formula is C14H18O4. The van der Waals surface area contributed by atoms with Gasteiger partial charge < -0.3 is 14.9 Å². The van der Waals surface area contributed by atoms with Crippen LogP contribution in [0.2, 0.25) is 0 Å². The Hall–Kier alpha value is -1.55. The lowest BCUT2D eigenvalue weighted by Gasteiger charge is -2.22. The monoisotopic (exact) mass is 250 g/mol. The molecule has 0 aliphatic heterocycles. The average Bonchev–Trinajstić information content (AvgIpc) is 2.56. The van der Waals surface area contributed by atoms with E-state index in [1.807, 2.05) is 0 Å². The maximum absolute atomic E-state index is 10.7. The Labute approximate surface area is 106 Å². The van der Waals surface area contributed by atoms with Gasteiger partial charge in [-0.05, 0) is 43.5 Å². The van der Waals surface area contributed by atoms with Crippen LogP contribution >= 0.6 is 0 Å². The fourth-order valence-corrected chi connectivity index (χ4v) is 2.24. The highest BCUT2D eigenvalue weighted by molar-refractivity contribution is 5.87. The number of carbonyl (C=O) groups is 1. The van der Waals surface area contributed by atoms with Gasteiger partial charge in [0, 0.05) is 0 Å². The SMILES string of the molecule is O=C(O)c1ccc(OC2CCCCCC2O)cc1. The molecule has 2 rings (SSSR count). The van der Waals surface area contributed by atoms with Gasteiger partial charge in [0.2, 0.25) is 0 Å². The third-order valence-corrected chi connectivity index (χ3v) is 3.31. The van der Waals surface area contributed by atoms with E-state index in [1.165, 1.54) is 12.1 Å². The summed E-state index contributed by atoms with van der Waals surface area (Å²) in [7, 11) is 0. The number of ether oxygens (including phenoxy) is 1. The van der Waals surface area contributed by atoms with Crippen LogP contribution in [0.25, 0.3) is 0 Å². The lowest BCUT2D eigenvalue weighted by atomic mass is 10.1. The standard InChI is InChI=1S/C14H18O4/c15-12-4-2-1-3-5-13(12)18-11-8-6-10(7-9-11)14(16)17/h6-9,12-13,15H,1-5H2,(H,16,17). The van der Waals surface area contributed by atoms with E-state index in [9.17, 15) is 9.90 Å². The molecule has 0 radical (unpaired) electrons. The number of aliphatic hydroxyl groups excluding tert-OH is 1. The summed E-state index contributed by atoms with van der Waals surface area (Å²) in [6, 6.07) is 6.31. The van der Waals surface area contributed by atoms with E-state index in [0.717, 1.165) is 32.1 Å². The summed E-state index contributed by atoms with van der Waals surface area (Å²) in [5.74, 6) is -0.331. The van der Waals surface area contributed by atoms with E-state index in [4.69, 9.17) is 9.84 Å². The molecule has 0 saturated heterocycles. The van der Waals surface area contributed by atoms with Crippen molar-refractivity contribution in [2.75, 3.05) is 0 Å². The molecule has 0 heterocycles. The molecule has 98 valence electrons. The molecular weight excluding hydrogens is 232 g/mol. The number of aromatic carboxylic acids is 1. The highest BCUT2D eigenvalue weighted by Gasteiger charge is 2.23. The van der Waals surface area contributed by atoms with Crippen LogP contribution < -0.4 is 4.74 Å². The Bertz CT molecular complexity index is 399. The maximum Gasteiger partial charge on any atom is 0.335 e. The minimum atomic E-state index is -0.948. The number of rotatable bonds is 3. The summed E-state index contributed by atoms with van der Waals surface area (Å²) >= 11 is 0. The fourth-order valence-electron chi connectivity index (χ4n) is 2.24. The van der Waals surface area contributed by atoms with Gasteiger partial charge >= 0.3 is 5.97 Å². The summed E-state index contributed by atoms with van der Waals surface area (Å²) in [5.41, 5.74) is 0.240. The van der Waals surface area contributed by atoms with Gasteiger partial charge in [-0.15, -0.1) is 0 Å². The quantitative estimate of drug-likeness (QED) is 0.809. The van der Waals surface area contributed by atoms with E-state index in [2.05, 4.69) is 0 Å². The number of aliphatic hydroxyl groups is 1. The largest absolute Gasteiger partial charge is 0.488 e. The molecule has 2 N–H and O–H groups in total. The molecule has 0 amide bonds. The van der Waals surface area contributed by atoms with E-state index in [0.29, 0.717) is 5.75 Å². The van der Waals surface area contributed by atoms with Gasteiger partial charge in [-0.3, -0.25) is 0 Å². The average molecular weight is 250 g/mol. The predicted molar refractivity (Wildman–Crippen MR) is 66.9 cm³/mol. The lowest BCUT2D eigenvalue weighted by Crippen LogP contribution is -2.30. The third kappa shape index (κ3) is 3.23. The van der Waals surface area contributed by atoms with Crippen LogP contribution in [0.5, 0.6) is 5.75 Å². The Morgan fingerprint density at radius 1 is 1.11 bits per heavy atom. The summed E-state index contributed by atoms with van der Waals surface area (Å²) in [6.45, 7) is 0. The molecule has 1 saturated carbocycles. The minimum absolute atomic E-state index is 0.178. The highest BCUT2D eigenvalue weighted by atomic mass is 16.5. The highest BCUT2D eigenvalue weighted by Crippen LogP contribution is 2.23. The zero-order valence-corrected chi connectivity index (χ0v) is 10.2. The molecule has 2 atom stereocenters. The third-order valence-electron chi connectivity index (χ3n) is 3.31. The summed E-state index contributed by atoms with van der Waals surface area (Å²) in [5, 5.41) is 18.7. The second kappa shape index (κ2) is 5.87. The Kier molecular flexibility index (Phi) is 4.20. The Balaban J connectivity index is 2.01. The molecule has 1 aliphatic carbocycles. The van der Waals surface area contributed by atoms with Gasteiger partial charge in [-0.2, -0.15) is 0 Å². The van der Waals surface area contributed by atoms with Crippen LogP contribution in [0, 0.1) is 0 Å². The van der Waals surface area contributed by atoms with Gasteiger partial charge in [0.15, 0.2) is 0 Å². The lowest BCUT2D eigenvalue weighted by molar-refractivity contribution is 0.0319. The Morgan fingerprint density at radius 3 is 2.44 bits per heavy atom. The minimum Gasteiger partial charge on any atom is -0.488 e. The molecule has 0 aromatic heterocycles. The second-order valence-corrected chi connectivity index (χ2v) is 4.69. The van der Waals surface area contributed by atoms with Gasteiger partial charge in [0.1, 0.15) is 11.9 Å². The zero-order chi connectivity index (χ0) is 13.0. The molecule has 0 bridgehead atoms. The van der Waals surface area contributed by atoms with Crippen molar-refractivity contribution in [2.45, 2.75) is 44.3 Å². The molecule has 0 spiro atoms. The summed E-state index contributed by atoms with van der Waals surface area (Å²) in [6.07, 6.45) is 4.26. The molecule has 1 aromatic rings. The van der Waals surface area contributed by atoms with Gasteiger partial charge in [0.25, 0.3) is 0 Å². The van der Waals surface area contributed by atoms with Crippen molar-refractivity contribution in [3.8, 4) is 5.75 Å². The van der Waals surface area contributed by atoms with Crippen LogP contribution in [0.15, 0.2) is 24.3 Å². The molecule has 1 fully saturated rings. The number of carboxylic acid groups (broad SMARTS) is 1. The summed E-state index contributed by atoms with van der Waals surface area (Å²) < 4.78 is 5.74. The van der Waals surface area contributed by atoms with Crippen molar-refractivity contribution in [2.24, 2.45) is 0 Å². The van der Waals surface area contributed by atoms with Crippen LogP contribution in [0.1, 0.15) is 42.5 Å². The number of hydrogen-bond acceptors (Lipinski definition) is 3. The number of benzene rings is 1. The number of carboxylic acids is 1. The van der Waals surface area contributed by atoms with E-state index < -0.39 is 12.1 Å². The van der Waals surface area contributed by atoms with Crippen molar-refractivity contribution in [1.29, 1.82) is 0 Å². The van der Waals surface area contributed by atoms with Crippen LogP contribution in [-0.4, -0.2) is 28.4 Å². The smallest absolute Gasteiger partial charge is 0.335 e. The Morgan fingerprint density at radius 2 is 1.78 bits per heavy atom. The molecule has 18 heavy (non-hydrogen) atoms. The first-order valence-corrected chi connectivity index (χ1v) is 6.35. The van der Waals surface area contributed by atoms with Crippen molar-refractivity contribution < 1.29 is 19.7 Å². The van der Waals surface area contributed by atoms with E-state index in [1.54, 1.807) is 12.1 Å². The molecule has 2 unspecified atom stereocenters. The normalized spacial score (nSPS) is 24.3. The molecule has 1 aromatic carbocycles. The van der Waals surface area contributed by atoms with Gasteiger partial charge in [-0.25, -0.2) is 4.79 Å². The maximum atomic E-state index is 10.7. The topological polar surface area (TPSA) is 66.8 Å². The van der Waals surface area contributed by atoms with Crippen LogP contribution in [0.4, 0.5) is 0 Å². The van der Waals surface area contributed by atoms with Gasteiger partial charge in [-0.1, -0.05) is 12.8 Å². The zero-order valence-electron chi connectivity index (χ0n) is 10.2. The molecule has 4 heteroatoms. The van der Waals surface area contributed by atoms with E-state index in [-0.39, 0.29) is 11.7 Å². The second-order valence-electron chi connectivity index (χ2n) is 4.69. The first-order valence-electron chi connectivity index (χ1n) is 6.35. The first-order chi connectivity index (χ1) is 8.66. The fraction of sp³-hybridized carbons (Fsp3) is 0.500. The first kappa shape index (κ1) is 12.9. The predicted octanol–water partition coefficient (Wildman–Crippen LogP) is 2.46. The van der Waals surface area contributed by atoms with Crippen LogP contribution in [0.3, 0.4) is 0 Å². The molecule has 1 aliphatic rings. The van der Waals surface area contributed by atoms with Gasteiger partial charge in [0.05, 0.1) is 11.7 Å². The number of hydrogen-bond donors (Lipinski definition) is 2. The van der Waals surface area contributed by atoms with Crippen molar-refractivity contribution in [1.82, 2.24) is 0 Å². The van der Waals surface area contributed by atoms with Crippen LogP contribution in [-0.2, 0) is 0 Å². The van der Waals surface area contributed by atoms with Crippen molar-refractivity contribution in [3.05, 3.63) is 29.8 Å². The van der Waals surface area contributed by atoms with Crippen molar-refractivity contribution in [3.63, 3.8) is 0 Å². The van der Waals surface area contributed by atoms with E-state index >= 15 is 0 Å².